The second-order valence-electron chi connectivity index (χ2n) is 27.0. The minimum Gasteiger partial charge on any atom is -0.466 e. The molecule has 0 aliphatic heterocycles. The van der Waals surface area contributed by atoms with Gasteiger partial charge in [-0.25, -0.2) is 0 Å². The molecule has 0 aromatic heterocycles. The second-order valence-corrected chi connectivity index (χ2v) is 27.0. The fourth-order valence-electron chi connectivity index (χ4n) is 12.3. The first-order valence-corrected chi connectivity index (χ1v) is 39.4. The molecule has 0 aromatic carbocycles. The van der Waals surface area contributed by atoms with Gasteiger partial charge in [-0.2, -0.15) is 0 Å². The largest absolute Gasteiger partial charge is 0.466 e. The van der Waals surface area contributed by atoms with Gasteiger partial charge in [0.2, 0.25) is 5.91 Å². The number of aliphatic hydroxyl groups is 2. The van der Waals surface area contributed by atoms with E-state index in [-0.39, 0.29) is 18.5 Å². The van der Waals surface area contributed by atoms with Crippen LogP contribution < -0.4 is 5.32 Å². The third kappa shape index (κ3) is 72.8. The first-order valence-electron chi connectivity index (χ1n) is 39.4. The smallest absolute Gasteiger partial charge is 0.305 e. The summed E-state index contributed by atoms with van der Waals surface area (Å²) in [5, 5.41) is 23.3. The van der Waals surface area contributed by atoms with E-state index in [1.54, 1.807) is 6.08 Å². The Labute approximate surface area is 544 Å². The highest BCUT2D eigenvalue weighted by Crippen LogP contribution is 2.19. The normalized spacial score (nSPS) is 12.7. The lowest BCUT2D eigenvalue weighted by Crippen LogP contribution is -2.45. The summed E-state index contributed by atoms with van der Waals surface area (Å²) in [5.41, 5.74) is 0. The first-order chi connectivity index (χ1) is 43.0. The quantitative estimate of drug-likeness (QED) is 0.0320. The number of amides is 1. The summed E-state index contributed by atoms with van der Waals surface area (Å²) in [6.07, 6.45) is 101. The molecular formula is C81H153NO5. The Bertz CT molecular complexity index is 1450. The Morgan fingerprint density at radius 2 is 0.575 bits per heavy atom. The maximum absolute atomic E-state index is 12.5. The molecule has 1 amide bonds. The number of nitrogens with one attached hydrogen (secondary N) is 1. The van der Waals surface area contributed by atoms with E-state index < -0.39 is 12.1 Å². The van der Waals surface area contributed by atoms with Crippen LogP contribution in [-0.2, 0) is 14.3 Å². The molecule has 2 atom stereocenters. The molecular weight excluding hydrogens is 1070 g/mol. The lowest BCUT2D eigenvalue weighted by molar-refractivity contribution is -0.143. The summed E-state index contributed by atoms with van der Waals surface area (Å²) in [7, 11) is 0. The van der Waals surface area contributed by atoms with E-state index in [0.717, 1.165) is 51.4 Å². The van der Waals surface area contributed by atoms with Gasteiger partial charge >= 0.3 is 5.97 Å². The second kappa shape index (κ2) is 76.3. The highest BCUT2D eigenvalue weighted by Gasteiger charge is 2.18. The van der Waals surface area contributed by atoms with Crippen LogP contribution in [0.3, 0.4) is 0 Å². The van der Waals surface area contributed by atoms with Gasteiger partial charge in [0.05, 0.1) is 25.4 Å². The number of aliphatic hydroxyl groups excluding tert-OH is 2. The Kier molecular flexibility index (Phi) is 74.4. The number of allylic oxidation sites excluding steroid dienone is 7. The van der Waals surface area contributed by atoms with Crippen molar-refractivity contribution in [2.45, 2.75) is 443 Å². The zero-order chi connectivity index (χ0) is 62.8. The number of carbonyl (C=O) groups excluding carboxylic acids is 2. The van der Waals surface area contributed by atoms with Crippen LogP contribution in [0.5, 0.6) is 0 Å². The third-order valence-corrected chi connectivity index (χ3v) is 18.3. The molecule has 6 heteroatoms. The lowest BCUT2D eigenvalue weighted by atomic mass is 10.0. The number of ether oxygens (including phenoxy) is 1. The molecule has 0 aliphatic carbocycles. The van der Waals surface area contributed by atoms with E-state index in [4.69, 9.17) is 4.74 Å². The minimum atomic E-state index is -0.845. The predicted molar refractivity (Wildman–Crippen MR) is 384 cm³/mol. The highest BCUT2D eigenvalue weighted by molar-refractivity contribution is 5.76. The zero-order valence-corrected chi connectivity index (χ0v) is 58.8. The number of hydrogen-bond acceptors (Lipinski definition) is 5. The van der Waals surface area contributed by atoms with Crippen LogP contribution in [0, 0.1) is 0 Å². The molecule has 0 saturated carbocycles. The van der Waals surface area contributed by atoms with Crippen molar-refractivity contribution in [2.24, 2.45) is 0 Å². The lowest BCUT2D eigenvalue weighted by Gasteiger charge is -2.20. The van der Waals surface area contributed by atoms with Crippen molar-refractivity contribution in [3.63, 3.8) is 0 Å². The Morgan fingerprint density at radius 1 is 0.322 bits per heavy atom. The molecule has 512 valence electrons. The molecule has 0 bridgehead atoms. The maximum Gasteiger partial charge on any atom is 0.305 e. The van der Waals surface area contributed by atoms with Crippen LogP contribution in [0.2, 0.25) is 0 Å². The molecule has 2 unspecified atom stereocenters. The SMILES string of the molecule is CCCCCCCC/C=C\CCCCCCCCCC(=O)OCCCCCCCCCCC/C=C\C/C=C\CCCCCCCCCCCCCCCCCCCC(=O)NC(CO)C(O)/C=C/CCCCCCCCCCCCCCCCCCCC. The predicted octanol–water partition coefficient (Wildman–Crippen LogP) is 26.0. The van der Waals surface area contributed by atoms with Gasteiger partial charge in [0, 0.05) is 12.8 Å². The molecule has 3 N–H and O–H groups in total. The van der Waals surface area contributed by atoms with Gasteiger partial charge in [-0.1, -0.05) is 377 Å². The van der Waals surface area contributed by atoms with Crippen molar-refractivity contribution in [3.8, 4) is 0 Å². The molecule has 0 heterocycles. The Morgan fingerprint density at radius 3 is 0.885 bits per heavy atom. The summed E-state index contributed by atoms with van der Waals surface area (Å²) in [6.45, 7) is 4.94. The monoisotopic (exact) mass is 1220 g/mol. The van der Waals surface area contributed by atoms with Crippen molar-refractivity contribution < 1.29 is 24.5 Å². The Hall–Kier alpha value is -2.18. The fourth-order valence-corrected chi connectivity index (χ4v) is 12.3. The summed E-state index contributed by atoms with van der Waals surface area (Å²) in [4.78, 5) is 24.6. The number of unbranched alkanes of at least 4 members (excludes halogenated alkanes) is 57. The molecule has 0 aromatic rings. The fraction of sp³-hybridized carbons (Fsp3) is 0.877. The third-order valence-electron chi connectivity index (χ3n) is 18.3. The van der Waals surface area contributed by atoms with Crippen LogP contribution in [0.4, 0.5) is 0 Å². The molecule has 0 saturated heterocycles. The van der Waals surface area contributed by atoms with Crippen molar-refractivity contribution in [1.82, 2.24) is 5.32 Å². The summed E-state index contributed by atoms with van der Waals surface area (Å²) < 4.78 is 5.50. The first kappa shape index (κ1) is 84.8. The van der Waals surface area contributed by atoms with Gasteiger partial charge < -0.3 is 20.3 Å². The molecule has 0 rings (SSSR count). The number of carbonyl (C=O) groups is 2. The molecule has 0 aliphatic rings. The van der Waals surface area contributed by atoms with E-state index in [2.05, 4.69) is 55.6 Å². The summed E-state index contributed by atoms with van der Waals surface area (Å²) >= 11 is 0. The summed E-state index contributed by atoms with van der Waals surface area (Å²) in [5.74, 6) is -0.0512. The van der Waals surface area contributed by atoms with Crippen LogP contribution in [0.15, 0.2) is 48.6 Å². The van der Waals surface area contributed by atoms with Crippen molar-refractivity contribution in [2.75, 3.05) is 13.2 Å². The molecule has 0 spiro atoms. The molecule has 6 nitrogen and oxygen atoms in total. The van der Waals surface area contributed by atoms with Crippen molar-refractivity contribution in [3.05, 3.63) is 48.6 Å². The van der Waals surface area contributed by atoms with Gasteiger partial charge in [-0.05, 0) is 89.9 Å². The van der Waals surface area contributed by atoms with Crippen LogP contribution in [0.25, 0.3) is 0 Å². The topological polar surface area (TPSA) is 95.9 Å². The van der Waals surface area contributed by atoms with Gasteiger partial charge in [0.15, 0.2) is 0 Å². The highest BCUT2D eigenvalue weighted by atomic mass is 16.5. The number of esters is 1. The van der Waals surface area contributed by atoms with E-state index in [1.807, 2.05) is 6.08 Å². The maximum atomic E-state index is 12.5. The van der Waals surface area contributed by atoms with E-state index in [1.165, 1.54) is 353 Å². The van der Waals surface area contributed by atoms with Gasteiger partial charge in [-0.15, -0.1) is 0 Å². The van der Waals surface area contributed by atoms with E-state index in [9.17, 15) is 19.8 Å². The average molecular weight is 1220 g/mol. The van der Waals surface area contributed by atoms with Gasteiger partial charge in [0.1, 0.15) is 0 Å². The van der Waals surface area contributed by atoms with E-state index >= 15 is 0 Å². The van der Waals surface area contributed by atoms with Crippen LogP contribution in [0.1, 0.15) is 431 Å². The van der Waals surface area contributed by atoms with Crippen LogP contribution in [-0.4, -0.2) is 47.4 Å². The van der Waals surface area contributed by atoms with Gasteiger partial charge in [-0.3, -0.25) is 9.59 Å². The standard InChI is InChI=1S/C81H153NO5/c1-3-5-7-9-11-13-15-17-19-21-22-38-42-45-49-53-57-61-65-69-73-79(84)78(77-83)82-80(85)74-70-66-62-58-54-50-46-43-39-36-34-32-30-28-26-24-23-25-27-29-31-33-35-37-40-44-48-52-56-60-64-68-72-76-87-81(86)75-71-67-63-59-55-51-47-41-20-18-16-14-12-10-8-6-4-2/h18,20,27,29,33,35,69,73,78-79,83-84H,3-17,19,21-26,28,30-32,34,36-68,70-72,74-77H2,1-2H3,(H,82,85)/b20-18-,29-27-,35-33-,73-69+. The van der Waals surface area contributed by atoms with Crippen molar-refractivity contribution >= 4 is 11.9 Å². The van der Waals surface area contributed by atoms with Crippen molar-refractivity contribution in [1.29, 1.82) is 0 Å². The molecule has 87 heavy (non-hydrogen) atoms. The molecule has 0 fully saturated rings. The minimum absolute atomic E-state index is 0.0111. The van der Waals surface area contributed by atoms with Crippen LogP contribution >= 0.6 is 0 Å². The zero-order valence-electron chi connectivity index (χ0n) is 58.8. The Balaban J connectivity index is 3.40. The number of rotatable bonds is 74. The summed E-state index contributed by atoms with van der Waals surface area (Å²) in [6, 6.07) is -0.628. The average Bonchev–Trinajstić information content (AvgIpc) is 3.53. The van der Waals surface area contributed by atoms with Gasteiger partial charge in [0.25, 0.3) is 0 Å². The van der Waals surface area contributed by atoms with E-state index in [0.29, 0.717) is 19.4 Å². The molecule has 0 radical (unpaired) electrons. The number of hydrogen-bond donors (Lipinski definition) is 3.